The second-order valence-corrected chi connectivity index (χ2v) is 2.84. The standard InChI is InChI=1S/C10H10FNO/c11-10-3-1-8(2-4-10)5-9(6-12)7-13/h1-4,9,13H,5,7H2. The predicted octanol–water partition coefficient (Wildman–Crippen LogP) is 1.50. The fourth-order valence-corrected chi connectivity index (χ4v) is 1.06. The van der Waals surface area contributed by atoms with Crippen molar-refractivity contribution >= 4 is 0 Å². The molecule has 2 nitrogen and oxygen atoms in total. The van der Waals surface area contributed by atoms with E-state index in [-0.39, 0.29) is 12.4 Å². The number of nitrogens with zero attached hydrogens (tertiary/aromatic N) is 1. The first-order valence-electron chi connectivity index (χ1n) is 4.01. The lowest BCUT2D eigenvalue weighted by atomic mass is 10.0. The van der Waals surface area contributed by atoms with Crippen molar-refractivity contribution < 1.29 is 9.50 Å². The van der Waals surface area contributed by atoms with E-state index >= 15 is 0 Å². The summed E-state index contributed by atoms with van der Waals surface area (Å²) >= 11 is 0. The average Bonchev–Trinajstić information content (AvgIpc) is 2.17. The summed E-state index contributed by atoms with van der Waals surface area (Å²) in [7, 11) is 0. The smallest absolute Gasteiger partial charge is 0.123 e. The van der Waals surface area contributed by atoms with Crippen molar-refractivity contribution in [3.63, 3.8) is 0 Å². The topological polar surface area (TPSA) is 44.0 Å². The molecule has 1 rings (SSSR count). The van der Waals surface area contributed by atoms with Gasteiger partial charge in [-0.3, -0.25) is 0 Å². The third kappa shape index (κ3) is 2.85. The number of aliphatic hydroxyl groups excluding tert-OH is 1. The Bertz CT molecular complexity index is 302. The zero-order valence-electron chi connectivity index (χ0n) is 7.07. The molecular weight excluding hydrogens is 169 g/mol. The first kappa shape index (κ1) is 9.69. The molecule has 3 heteroatoms. The second-order valence-electron chi connectivity index (χ2n) is 2.84. The lowest BCUT2D eigenvalue weighted by molar-refractivity contribution is 0.255. The van der Waals surface area contributed by atoms with Gasteiger partial charge in [0.2, 0.25) is 0 Å². The minimum atomic E-state index is -0.398. The molecule has 0 amide bonds. The van der Waals surface area contributed by atoms with Crippen LogP contribution in [-0.2, 0) is 6.42 Å². The van der Waals surface area contributed by atoms with E-state index in [1.807, 2.05) is 6.07 Å². The number of rotatable bonds is 3. The molecular formula is C10H10FNO. The summed E-state index contributed by atoms with van der Waals surface area (Å²) < 4.78 is 12.5. The van der Waals surface area contributed by atoms with Gasteiger partial charge in [-0.1, -0.05) is 12.1 Å². The maximum absolute atomic E-state index is 12.5. The highest BCUT2D eigenvalue weighted by molar-refractivity contribution is 5.17. The Morgan fingerprint density at radius 2 is 2.00 bits per heavy atom. The SMILES string of the molecule is N#CC(CO)Cc1ccc(F)cc1. The molecule has 0 saturated heterocycles. The van der Waals surface area contributed by atoms with Crippen LogP contribution in [0.1, 0.15) is 5.56 Å². The van der Waals surface area contributed by atoms with Crippen LogP contribution in [0, 0.1) is 23.1 Å². The Morgan fingerprint density at radius 3 is 2.46 bits per heavy atom. The summed E-state index contributed by atoms with van der Waals surface area (Å²) in [5, 5.41) is 17.3. The molecule has 0 saturated carbocycles. The van der Waals surface area contributed by atoms with Crippen molar-refractivity contribution in [3.05, 3.63) is 35.6 Å². The van der Waals surface area contributed by atoms with E-state index in [0.29, 0.717) is 6.42 Å². The van der Waals surface area contributed by atoms with E-state index in [2.05, 4.69) is 0 Å². The lowest BCUT2D eigenvalue weighted by Gasteiger charge is -2.04. The van der Waals surface area contributed by atoms with Gasteiger partial charge in [-0.25, -0.2) is 4.39 Å². The Hall–Kier alpha value is -1.40. The van der Waals surface area contributed by atoms with E-state index < -0.39 is 5.92 Å². The number of hydrogen-bond donors (Lipinski definition) is 1. The summed E-state index contributed by atoms with van der Waals surface area (Å²) in [4.78, 5) is 0. The molecule has 0 bridgehead atoms. The molecule has 1 atom stereocenters. The number of aliphatic hydroxyl groups is 1. The largest absolute Gasteiger partial charge is 0.395 e. The Morgan fingerprint density at radius 1 is 1.38 bits per heavy atom. The van der Waals surface area contributed by atoms with Gasteiger partial charge < -0.3 is 5.11 Å². The summed E-state index contributed by atoms with van der Waals surface area (Å²) in [6, 6.07) is 7.91. The molecule has 0 heterocycles. The fourth-order valence-electron chi connectivity index (χ4n) is 1.06. The van der Waals surface area contributed by atoms with Gasteiger partial charge in [-0.2, -0.15) is 5.26 Å². The van der Waals surface area contributed by atoms with Gasteiger partial charge in [0.25, 0.3) is 0 Å². The minimum Gasteiger partial charge on any atom is -0.395 e. The summed E-state index contributed by atoms with van der Waals surface area (Å²) in [5.41, 5.74) is 0.863. The molecule has 0 fully saturated rings. The van der Waals surface area contributed by atoms with Crippen LogP contribution in [0.5, 0.6) is 0 Å². The summed E-state index contributed by atoms with van der Waals surface area (Å²) in [6.45, 7) is -0.159. The molecule has 0 aliphatic heterocycles. The quantitative estimate of drug-likeness (QED) is 0.764. The Kier molecular flexibility index (Phi) is 3.41. The van der Waals surface area contributed by atoms with Gasteiger partial charge in [0.1, 0.15) is 5.82 Å². The van der Waals surface area contributed by atoms with Crippen LogP contribution in [-0.4, -0.2) is 11.7 Å². The normalized spacial score (nSPS) is 12.1. The van der Waals surface area contributed by atoms with Crippen LogP contribution in [0.4, 0.5) is 4.39 Å². The zero-order chi connectivity index (χ0) is 9.68. The van der Waals surface area contributed by atoms with Gasteiger partial charge in [0.05, 0.1) is 18.6 Å². The molecule has 1 aromatic rings. The molecule has 1 unspecified atom stereocenters. The number of halogens is 1. The van der Waals surface area contributed by atoms with Crippen LogP contribution in [0.25, 0.3) is 0 Å². The molecule has 68 valence electrons. The van der Waals surface area contributed by atoms with Crippen LogP contribution >= 0.6 is 0 Å². The molecule has 0 aliphatic rings. The average molecular weight is 179 g/mol. The second kappa shape index (κ2) is 4.58. The molecule has 0 spiro atoms. The van der Waals surface area contributed by atoms with Crippen molar-refractivity contribution in [1.82, 2.24) is 0 Å². The van der Waals surface area contributed by atoms with Crippen molar-refractivity contribution in [3.8, 4) is 6.07 Å². The molecule has 13 heavy (non-hydrogen) atoms. The van der Waals surface area contributed by atoms with Crippen LogP contribution in [0.2, 0.25) is 0 Å². The van der Waals surface area contributed by atoms with Crippen LogP contribution < -0.4 is 0 Å². The van der Waals surface area contributed by atoms with E-state index in [9.17, 15) is 4.39 Å². The van der Waals surface area contributed by atoms with Gasteiger partial charge >= 0.3 is 0 Å². The van der Waals surface area contributed by atoms with Crippen LogP contribution in [0.15, 0.2) is 24.3 Å². The fraction of sp³-hybridized carbons (Fsp3) is 0.300. The molecule has 1 N–H and O–H groups in total. The molecule has 0 aromatic heterocycles. The van der Waals surface area contributed by atoms with E-state index in [0.717, 1.165) is 5.56 Å². The first-order chi connectivity index (χ1) is 6.26. The first-order valence-corrected chi connectivity index (χ1v) is 4.01. The van der Waals surface area contributed by atoms with Gasteiger partial charge in [-0.15, -0.1) is 0 Å². The minimum absolute atomic E-state index is 0.159. The Labute approximate surface area is 76.2 Å². The van der Waals surface area contributed by atoms with E-state index in [1.54, 1.807) is 12.1 Å². The van der Waals surface area contributed by atoms with E-state index in [1.165, 1.54) is 12.1 Å². The van der Waals surface area contributed by atoms with Gasteiger partial charge in [0.15, 0.2) is 0 Å². The predicted molar refractivity (Wildman–Crippen MR) is 46.3 cm³/mol. The molecule has 0 radical (unpaired) electrons. The molecule has 1 aromatic carbocycles. The van der Waals surface area contributed by atoms with Crippen molar-refractivity contribution in [2.75, 3.05) is 6.61 Å². The summed E-state index contributed by atoms with van der Waals surface area (Å²) in [5.74, 6) is -0.688. The third-order valence-electron chi connectivity index (χ3n) is 1.80. The summed E-state index contributed by atoms with van der Waals surface area (Å²) in [6.07, 6.45) is 0.466. The van der Waals surface area contributed by atoms with E-state index in [4.69, 9.17) is 10.4 Å². The third-order valence-corrected chi connectivity index (χ3v) is 1.80. The number of nitriles is 1. The van der Waals surface area contributed by atoms with Crippen molar-refractivity contribution in [2.45, 2.75) is 6.42 Å². The maximum Gasteiger partial charge on any atom is 0.123 e. The highest BCUT2D eigenvalue weighted by atomic mass is 19.1. The van der Waals surface area contributed by atoms with Gasteiger partial charge in [0, 0.05) is 0 Å². The van der Waals surface area contributed by atoms with Crippen molar-refractivity contribution in [2.24, 2.45) is 5.92 Å². The van der Waals surface area contributed by atoms with Gasteiger partial charge in [-0.05, 0) is 24.1 Å². The molecule has 0 aliphatic carbocycles. The van der Waals surface area contributed by atoms with Crippen LogP contribution in [0.3, 0.4) is 0 Å². The monoisotopic (exact) mass is 179 g/mol. The number of benzene rings is 1. The lowest BCUT2D eigenvalue weighted by Crippen LogP contribution is -2.06. The zero-order valence-corrected chi connectivity index (χ0v) is 7.07. The highest BCUT2D eigenvalue weighted by Gasteiger charge is 2.06. The number of hydrogen-bond acceptors (Lipinski definition) is 2. The maximum atomic E-state index is 12.5. The highest BCUT2D eigenvalue weighted by Crippen LogP contribution is 2.08. The Balaban J connectivity index is 2.64. The van der Waals surface area contributed by atoms with Crippen molar-refractivity contribution in [1.29, 1.82) is 5.26 Å².